The van der Waals surface area contributed by atoms with Gasteiger partial charge in [0.1, 0.15) is 0 Å². The molecule has 90 valence electrons. The van der Waals surface area contributed by atoms with Crippen LogP contribution in [0.25, 0.3) is 0 Å². The van der Waals surface area contributed by atoms with E-state index in [9.17, 15) is 4.57 Å². The molecule has 0 aliphatic rings. The normalized spacial score (nSPS) is 16.9. The number of hydrogen-bond donors (Lipinski definition) is 2. The highest BCUT2D eigenvalue weighted by molar-refractivity contribution is 8.44. The summed E-state index contributed by atoms with van der Waals surface area (Å²) in [6, 6.07) is 0. The van der Waals surface area contributed by atoms with Gasteiger partial charge < -0.3 is 9.42 Å². The largest absolute Gasteiger partial charge is 0.383 e. The lowest BCUT2D eigenvalue weighted by atomic mass is 10.0. The van der Waals surface area contributed by atoms with Crippen LogP contribution in [0.15, 0.2) is 11.6 Å². The van der Waals surface area contributed by atoms with Gasteiger partial charge in [-0.25, -0.2) is 4.57 Å². The summed E-state index contributed by atoms with van der Waals surface area (Å²) in [5, 5.41) is 0. The Morgan fingerprint density at radius 3 is 2.60 bits per heavy atom. The minimum Gasteiger partial charge on any atom is -0.317 e. The van der Waals surface area contributed by atoms with Crippen LogP contribution in [-0.4, -0.2) is 11.5 Å². The molecule has 0 rings (SSSR count). The first-order chi connectivity index (χ1) is 6.81. The van der Waals surface area contributed by atoms with Gasteiger partial charge in [0.15, 0.2) is 0 Å². The van der Waals surface area contributed by atoms with Gasteiger partial charge in [-0.3, -0.25) is 0 Å². The molecule has 0 amide bonds. The molecule has 2 unspecified atom stereocenters. The highest BCUT2D eigenvalue weighted by Gasteiger charge is 2.11. The second kappa shape index (κ2) is 7.50. The Balaban J connectivity index is 3.54. The number of thiol groups is 1. The van der Waals surface area contributed by atoms with E-state index >= 15 is 0 Å². The fourth-order valence-corrected chi connectivity index (χ4v) is 1.76. The van der Waals surface area contributed by atoms with Gasteiger partial charge in [-0.15, -0.1) is 0 Å². The first kappa shape index (κ1) is 15.2. The molecule has 0 aromatic carbocycles. The zero-order valence-electron chi connectivity index (χ0n) is 9.64. The summed E-state index contributed by atoms with van der Waals surface area (Å²) in [5.41, 5.74) is 1.33. The molecule has 0 saturated carbocycles. The molecular weight excluding hydrogens is 231 g/mol. The Kier molecular flexibility index (Phi) is 7.62. The lowest BCUT2D eigenvalue weighted by molar-refractivity contribution is 0.252. The van der Waals surface area contributed by atoms with E-state index in [1.807, 2.05) is 0 Å². The van der Waals surface area contributed by atoms with E-state index in [2.05, 4.69) is 43.6 Å². The van der Waals surface area contributed by atoms with E-state index in [0.29, 0.717) is 12.5 Å². The molecule has 0 bridgehead atoms. The smallest absolute Gasteiger partial charge is 0.317 e. The standard InChI is InChI=1S/C10H21O3PS/c1-9(2)5-4-6-10(3)7-8-13-14(11,12)15/h5,10H,4,6-8H2,1-3H3,(H2,11,12,15). The second-order valence-electron chi connectivity index (χ2n) is 4.08. The summed E-state index contributed by atoms with van der Waals surface area (Å²) in [6.45, 7) is 2.99. The average Bonchev–Trinajstić information content (AvgIpc) is 2.00. The predicted octanol–water partition coefficient (Wildman–Crippen LogP) is 3.81. The van der Waals surface area contributed by atoms with Crippen molar-refractivity contribution < 1.29 is 14.0 Å². The van der Waals surface area contributed by atoms with Crippen LogP contribution < -0.4 is 0 Å². The fourth-order valence-electron chi connectivity index (χ4n) is 1.17. The Hall–Kier alpha value is 0.240. The van der Waals surface area contributed by atoms with E-state index in [-0.39, 0.29) is 0 Å². The zero-order chi connectivity index (χ0) is 11.9. The zero-order valence-corrected chi connectivity index (χ0v) is 11.4. The van der Waals surface area contributed by atoms with Crippen molar-refractivity contribution in [3.8, 4) is 0 Å². The molecule has 0 saturated heterocycles. The molecule has 1 N–H and O–H groups in total. The van der Waals surface area contributed by atoms with Crippen LogP contribution in [0.3, 0.4) is 0 Å². The molecular formula is C10H21O3PS. The van der Waals surface area contributed by atoms with Gasteiger partial charge in [-0.2, -0.15) is 0 Å². The van der Waals surface area contributed by atoms with E-state index in [4.69, 9.17) is 4.89 Å². The lowest BCUT2D eigenvalue weighted by Gasteiger charge is -2.11. The molecule has 0 spiro atoms. The monoisotopic (exact) mass is 252 g/mol. The van der Waals surface area contributed by atoms with Crippen LogP contribution in [0.4, 0.5) is 0 Å². The Morgan fingerprint density at radius 2 is 2.13 bits per heavy atom. The van der Waals surface area contributed by atoms with Crippen molar-refractivity contribution in [3.05, 3.63) is 11.6 Å². The molecule has 3 nitrogen and oxygen atoms in total. The molecule has 5 heteroatoms. The summed E-state index contributed by atoms with van der Waals surface area (Å²) < 4.78 is 15.4. The van der Waals surface area contributed by atoms with Gasteiger partial charge >= 0.3 is 6.80 Å². The van der Waals surface area contributed by atoms with Gasteiger partial charge in [-0.1, -0.05) is 30.8 Å². The molecule has 0 heterocycles. The summed E-state index contributed by atoms with van der Waals surface area (Å²) in [4.78, 5) is 8.77. The van der Waals surface area contributed by atoms with Crippen LogP contribution >= 0.6 is 19.0 Å². The van der Waals surface area contributed by atoms with Crippen LogP contribution in [0.2, 0.25) is 0 Å². The van der Waals surface area contributed by atoms with Crippen LogP contribution in [0.1, 0.15) is 40.0 Å². The summed E-state index contributed by atoms with van der Waals surface area (Å²) in [6.07, 6.45) is 5.13. The Labute approximate surface area is 97.6 Å². The quantitative estimate of drug-likeness (QED) is 0.411. The fraction of sp³-hybridized carbons (Fsp3) is 0.800. The molecule has 0 fully saturated rings. The van der Waals surface area contributed by atoms with Crippen molar-refractivity contribution in [1.82, 2.24) is 0 Å². The first-order valence-corrected chi connectivity index (χ1v) is 7.87. The van der Waals surface area contributed by atoms with E-state index in [1.54, 1.807) is 0 Å². The maximum Gasteiger partial charge on any atom is 0.383 e. The van der Waals surface area contributed by atoms with Crippen molar-refractivity contribution in [2.45, 2.75) is 40.0 Å². The summed E-state index contributed by atoms with van der Waals surface area (Å²) >= 11 is 3.43. The summed E-state index contributed by atoms with van der Waals surface area (Å²) in [7, 11) is 0. The highest BCUT2D eigenvalue weighted by atomic mass is 32.7. The highest BCUT2D eigenvalue weighted by Crippen LogP contribution is 2.46. The van der Waals surface area contributed by atoms with Crippen LogP contribution in [-0.2, 0) is 9.09 Å². The SMILES string of the molecule is CC(C)=CCCC(C)CCOP(=O)(O)S. The van der Waals surface area contributed by atoms with Gasteiger partial charge in [0, 0.05) is 0 Å². The second-order valence-corrected chi connectivity index (χ2v) is 6.83. The molecule has 0 aromatic rings. The first-order valence-electron chi connectivity index (χ1n) is 5.14. The lowest BCUT2D eigenvalue weighted by Crippen LogP contribution is -1.99. The molecule has 0 aliphatic carbocycles. The predicted molar refractivity (Wildman–Crippen MR) is 67.2 cm³/mol. The third-order valence-corrected chi connectivity index (χ3v) is 2.95. The van der Waals surface area contributed by atoms with E-state index in [0.717, 1.165) is 19.3 Å². The Morgan fingerprint density at radius 1 is 1.53 bits per heavy atom. The van der Waals surface area contributed by atoms with Crippen LogP contribution in [0.5, 0.6) is 0 Å². The molecule has 15 heavy (non-hydrogen) atoms. The number of allylic oxidation sites excluding steroid dienone is 2. The maximum absolute atomic E-state index is 10.7. The van der Waals surface area contributed by atoms with Gasteiger partial charge in [0.25, 0.3) is 0 Å². The molecule has 0 aliphatic heterocycles. The third kappa shape index (κ3) is 12.2. The Bertz CT molecular complexity index is 243. The number of hydrogen-bond acceptors (Lipinski definition) is 2. The number of rotatable bonds is 7. The van der Waals surface area contributed by atoms with Crippen molar-refractivity contribution >= 4 is 19.0 Å². The van der Waals surface area contributed by atoms with Gasteiger partial charge in [-0.05, 0) is 39.0 Å². The molecule has 0 radical (unpaired) electrons. The van der Waals surface area contributed by atoms with E-state index < -0.39 is 6.80 Å². The maximum atomic E-state index is 10.7. The molecule has 0 aromatic heterocycles. The van der Waals surface area contributed by atoms with Gasteiger partial charge in [0.2, 0.25) is 0 Å². The van der Waals surface area contributed by atoms with Crippen molar-refractivity contribution in [1.29, 1.82) is 0 Å². The van der Waals surface area contributed by atoms with Crippen molar-refractivity contribution in [2.75, 3.05) is 6.61 Å². The minimum absolute atomic E-state index is 0.299. The van der Waals surface area contributed by atoms with E-state index in [1.165, 1.54) is 5.57 Å². The summed E-state index contributed by atoms with van der Waals surface area (Å²) in [5.74, 6) is 0.500. The van der Waals surface area contributed by atoms with Crippen LogP contribution in [0, 0.1) is 5.92 Å². The third-order valence-electron chi connectivity index (χ3n) is 2.08. The van der Waals surface area contributed by atoms with Crippen molar-refractivity contribution in [2.24, 2.45) is 5.92 Å². The topological polar surface area (TPSA) is 46.5 Å². The van der Waals surface area contributed by atoms with Crippen molar-refractivity contribution in [3.63, 3.8) is 0 Å². The average molecular weight is 252 g/mol. The molecule has 2 atom stereocenters. The minimum atomic E-state index is -3.58. The van der Waals surface area contributed by atoms with Gasteiger partial charge in [0.05, 0.1) is 6.61 Å².